The molecule has 21 heavy (non-hydrogen) atoms. The van der Waals surface area contributed by atoms with Crippen LogP contribution in [0.4, 0.5) is 5.69 Å². The first-order valence-corrected chi connectivity index (χ1v) is 6.67. The van der Waals surface area contributed by atoms with Gasteiger partial charge in [0.15, 0.2) is 0 Å². The molecular formula is C15H16N4O2. The molecule has 1 aliphatic rings. The molecule has 6 nitrogen and oxygen atoms in total. The Morgan fingerprint density at radius 1 is 1.10 bits per heavy atom. The van der Waals surface area contributed by atoms with Gasteiger partial charge in [0.05, 0.1) is 29.1 Å². The summed E-state index contributed by atoms with van der Waals surface area (Å²) in [5.41, 5.74) is 3.74. The van der Waals surface area contributed by atoms with E-state index in [1.165, 1.54) is 7.05 Å². The van der Waals surface area contributed by atoms with E-state index in [-0.39, 0.29) is 11.8 Å². The molecule has 0 saturated carbocycles. The summed E-state index contributed by atoms with van der Waals surface area (Å²) in [6.07, 6.45) is 0. The van der Waals surface area contributed by atoms with Crippen LogP contribution in [-0.2, 0) is 13.6 Å². The van der Waals surface area contributed by atoms with Crippen LogP contribution in [0.3, 0.4) is 0 Å². The highest BCUT2D eigenvalue weighted by atomic mass is 16.2. The maximum absolute atomic E-state index is 12.0. The second-order valence-corrected chi connectivity index (χ2v) is 5.18. The van der Waals surface area contributed by atoms with Crippen LogP contribution >= 0.6 is 0 Å². The van der Waals surface area contributed by atoms with Crippen LogP contribution in [0.25, 0.3) is 0 Å². The van der Waals surface area contributed by atoms with Crippen LogP contribution in [0.2, 0.25) is 0 Å². The first-order valence-electron chi connectivity index (χ1n) is 6.67. The highest BCUT2D eigenvalue weighted by Gasteiger charge is 2.32. The highest BCUT2D eigenvalue weighted by molar-refractivity contribution is 6.21. The minimum atomic E-state index is -0.255. The van der Waals surface area contributed by atoms with Crippen molar-refractivity contribution >= 4 is 17.5 Å². The molecule has 2 heterocycles. The number of carbonyl (C=O) groups excluding carboxylic acids is 2. The van der Waals surface area contributed by atoms with Crippen molar-refractivity contribution in [1.82, 2.24) is 14.7 Å². The Balaban J connectivity index is 1.81. The van der Waals surface area contributed by atoms with Crippen molar-refractivity contribution < 1.29 is 9.59 Å². The summed E-state index contributed by atoms with van der Waals surface area (Å²) < 4.78 is 1.82. The summed E-state index contributed by atoms with van der Waals surface area (Å²) in [5, 5.41) is 7.54. The molecule has 0 aliphatic carbocycles. The number of aromatic nitrogens is 2. The molecule has 0 unspecified atom stereocenters. The van der Waals surface area contributed by atoms with Gasteiger partial charge in [0.25, 0.3) is 11.8 Å². The molecule has 0 spiro atoms. The van der Waals surface area contributed by atoms with Crippen LogP contribution in [-0.4, -0.2) is 33.5 Å². The van der Waals surface area contributed by atoms with Gasteiger partial charge in [-0.2, -0.15) is 5.10 Å². The van der Waals surface area contributed by atoms with Crippen LogP contribution in [0.15, 0.2) is 24.3 Å². The number of rotatable bonds is 3. The predicted octanol–water partition coefficient (Wildman–Crippen LogP) is 1.57. The standard InChI is InChI=1S/C15H16N4O2/c1-9-6-11(19(3)17-9)8-16-10-4-5-12-13(7-10)15(21)18(2)14(12)20/h4-7,16H,8H2,1-3H3. The number of anilines is 1. The molecular weight excluding hydrogens is 268 g/mol. The molecule has 1 aromatic heterocycles. The maximum atomic E-state index is 12.0. The van der Waals surface area contributed by atoms with Gasteiger partial charge in [0.1, 0.15) is 0 Å². The quantitative estimate of drug-likeness (QED) is 0.869. The molecule has 0 bridgehead atoms. The lowest BCUT2D eigenvalue weighted by Crippen LogP contribution is -2.24. The molecule has 0 saturated heterocycles. The molecule has 0 radical (unpaired) electrons. The Bertz CT molecular complexity index is 748. The predicted molar refractivity (Wildman–Crippen MR) is 78.1 cm³/mol. The summed E-state index contributed by atoms with van der Waals surface area (Å²) in [7, 11) is 3.39. The van der Waals surface area contributed by atoms with Crippen LogP contribution in [0.5, 0.6) is 0 Å². The first-order chi connectivity index (χ1) is 9.97. The van der Waals surface area contributed by atoms with Crippen molar-refractivity contribution in [3.8, 4) is 0 Å². The third-order valence-corrected chi connectivity index (χ3v) is 3.66. The monoisotopic (exact) mass is 284 g/mol. The average Bonchev–Trinajstić information content (AvgIpc) is 2.89. The Morgan fingerprint density at radius 2 is 1.81 bits per heavy atom. The maximum Gasteiger partial charge on any atom is 0.261 e. The van der Waals surface area contributed by atoms with Gasteiger partial charge in [-0.15, -0.1) is 0 Å². The zero-order valence-electron chi connectivity index (χ0n) is 12.2. The van der Waals surface area contributed by atoms with Gasteiger partial charge in [0.2, 0.25) is 0 Å². The second kappa shape index (κ2) is 4.73. The Hall–Kier alpha value is -2.63. The minimum absolute atomic E-state index is 0.246. The van der Waals surface area contributed by atoms with E-state index in [0.29, 0.717) is 17.7 Å². The topological polar surface area (TPSA) is 67.2 Å². The average molecular weight is 284 g/mol. The largest absolute Gasteiger partial charge is 0.379 e. The van der Waals surface area contributed by atoms with Gasteiger partial charge in [-0.1, -0.05) is 0 Å². The fourth-order valence-corrected chi connectivity index (χ4v) is 2.49. The normalized spacial score (nSPS) is 13.8. The molecule has 0 atom stereocenters. The summed E-state index contributed by atoms with van der Waals surface area (Å²) in [4.78, 5) is 24.9. The molecule has 1 aliphatic heterocycles. The third-order valence-electron chi connectivity index (χ3n) is 3.66. The number of imide groups is 1. The Labute approximate surface area is 122 Å². The molecule has 2 aromatic rings. The summed E-state index contributed by atoms with van der Waals surface area (Å²) in [5.74, 6) is -0.501. The molecule has 1 N–H and O–H groups in total. The molecule has 2 amide bonds. The van der Waals surface area contributed by atoms with Gasteiger partial charge in [0, 0.05) is 19.8 Å². The lowest BCUT2D eigenvalue weighted by molar-refractivity contribution is 0.0693. The van der Waals surface area contributed by atoms with Gasteiger partial charge in [-0.25, -0.2) is 0 Å². The van der Waals surface area contributed by atoms with E-state index in [1.807, 2.05) is 30.8 Å². The van der Waals surface area contributed by atoms with Crippen LogP contribution in [0, 0.1) is 6.92 Å². The van der Waals surface area contributed by atoms with Gasteiger partial charge < -0.3 is 5.32 Å². The van der Waals surface area contributed by atoms with Gasteiger partial charge >= 0.3 is 0 Å². The number of nitrogens with one attached hydrogen (secondary N) is 1. The number of hydrogen-bond donors (Lipinski definition) is 1. The SMILES string of the molecule is Cc1cc(CNc2ccc3c(c2)C(=O)N(C)C3=O)n(C)n1. The fraction of sp³-hybridized carbons (Fsp3) is 0.267. The van der Waals surface area contributed by atoms with E-state index in [1.54, 1.807) is 12.1 Å². The molecule has 1 aromatic carbocycles. The number of aryl methyl sites for hydroxylation is 2. The second-order valence-electron chi connectivity index (χ2n) is 5.18. The van der Waals surface area contributed by atoms with E-state index in [2.05, 4.69) is 10.4 Å². The van der Waals surface area contributed by atoms with Crippen molar-refractivity contribution in [2.45, 2.75) is 13.5 Å². The number of fused-ring (bicyclic) bond motifs is 1. The smallest absolute Gasteiger partial charge is 0.261 e. The zero-order chi connectivity index (χ0) is 15.1. The van der Waals surface area contributed by atoms with E-state index >= 15 is 0 Å². The summed E-state index contributed by atoms with van der Waals surface area (Å²) in [6.45, 7) is 2.55. The van der Waals surface area contributed by atoms with E-state index in [9.17, 15) is 9.59 Å². The van der Waals surface area contributed by atoms with Crippen molar-refractivity contribution in [2.75, 3.05) is 12.4 Å². The van der Waals surface area contributed by atoms with Gasteiger partial charge in [-0.05, 0) is 31.2 Å². The lowest BCUT2D eigenvalue weighted by atomic mass is 10.1. The summed E-state index contributed by atoms with van der Waals surface area (Å²) in [6, 6.07) is 7.23. The minimum Gasteiger partial charge on any atom is -0.379 e. The first kappa shape index (κ1) is 13.4. The molecule has 108 valence electrons. The van der Waals surface area contributed by atoms with Crippen molar-refractivity contribution in [1.29, 1.82) is 0 Å². The number of nitrogens with zero attached hydrogens (tertiary/aromatic N) is 3. The zero-order valence-corrected chi connectivity index (χ0v) is 12.2. The number of hydrogen-bond acceptors (Lipinski definition) is 4. The van der Waals surface area contributed by atoms with E-state index in [0.717, 1.165) is 22.0 Å². The van der Waals surface area contributed by atoms with Crippen molar-refractivity contribution in [2.24, 2.45) is 7.05 Å². The van der Waals surface area contributed by atoms with Crippen molar-refractivity contribution in [3.05, 3.63) is 46.8 Å². The molecule has 0 fully saturated rings. The fourth-order valence-electron chi connectivity index (χ4n) is 2.49. The Morgan fingerprint density at radius 3 is 2.48 bits per heavy atom. The molecule has 3 rings (SSSR count). The molecule has 6 heteroatoms. The number of benzene rings is 1. The number of amides is 2. The van der Waals surface area contributed by atoms with E-state index in [4.69, 9.17) is 0 Å². The number of carbonyl (C=O) groups is 2. The third kappa shape index (κ3) is 2.18. The highest BCUT2D eigenvalue weighted by Crippen LogP contribution is 2.25. The lowest BCUT2D eigenvalue weighted by Gasteiger charge is -2.07. The van der Waals surface area contributed by atoms with Gasteiger partial charge in [-0.3, -0.25) is 19.2 Å². The van der Waals surface area contributed by atoms with Crippen LogP contribution in [0.1, 0.15) is 32.1 Å². The van der Waals surface area contributed by atoms with E-state index < -0.39 is 0 Å². The van der Waals surface area contributed by atoms with Crippen LogP contribution < -0.4 is 5.32 Å². The Kier molecular flexibility index (Phi) is 3.01. The van der Waals surface area contributed by atoms with Crippen molar-refractivity contribution in [3.63, 3.8) is 0 Å². The summed E-state index contributed by atoms with van der Waals surface area (Å²) >= 11 is 0.